The van der Waals surface area contributed by atoms with Crippen LogP contribution in [0.4, 0.5) is 0 Å². The fourth-order valence-corrected chi connectivity index (χ4v) is 2.62. The molecule has 1 aromatic rings. The van der Waals surface area contributed by atoms with Gasteiger partial charge in [0.25, 0.3) is 0 Å². The highest BCUT2D eigenvalue weighted by molar-refractivity contribution is 5.73. The third kappa shape index (κ3) is 3.68. The Kier molecular flexibility index (Phi) is 4.39. The first-order valence-corrected chi connectivity index (χ1v) is 6.56. The zero-order chi connectivity index (χ0) is 13.8. The van der Waals surface area contributed by atoms with E-state index in [1.165, 1.54) is 0 Å². The van der Waals surface area contributed by atoms with Crippen molar-refractivity contribution < 1.29 is 15.0 Å². The molecule has 2 atom stereocenters. The van der Waals surface area contributed by atoms with Crippen molar-refractivity contribution in [3.8, 4) is 5.75 Å². The van der Waals surface area contributed by atoms with Crippen LogP contribution in [0.3, 0.4) is 0 Å². The van der Waals surface area contributed by atoms with Crippen LogP contribution >= 0.6 is 0 Å². The van der Waals surface area contributed by atoms with Crippen molar-refractivity contribution in [3.05, 3.63) is 29.8 Å². The molecule has 1 aliphatic rings. The molecule has 1 saturated heterocycles. The largest absolute Gasteiger partial charge is 0.508 e. The number of hydrogen-bond acceptors (Lipinski definition) is 4. The summed E-state index contributed by atoms with van der Waals surface area (Å²) < 4.78 is 0. The lowest BCUT2D eigenvalue weighted by Crippen LogP contribution is -2.44. The van der Waals surface area contributed by atoms with Gasteiger partial charge >= 0.3 is 5.97 Å². The maximum absolute atomic E-state index is 11.1. The van der Waals surface area contributed by atoms with Crippen LogP contribution in [0.1, 0.15) is 18.4 Å². The molecular weight excluding hydrogens is 244 g/mol. The number of nitrogens with two attached hydrogens (primary N) is 1. The summed E-state index contributed by atoms with van der Waals surface area (Å²) in [4.78, 5) is 13.0. The highest BCUT2D eigenvalue weighted by atomic mass is 16.4. The van der Waals surface area contributed by atoms with Crippen molar-refractivity contribution in [2.24, 2.45) is 5.73 Å². The van der Waals surface area contributed by atoms with E-state index in [1.54, 1.807) is 12.1 Å². The summed E-state index contributed by atoms with van der Waals surface area (Å²) in [6.45, 7) is 1.40. The summed E-state index contributed by atoms with van der Waals surface area (Å²) in [5.74, 6) is -0.517. The molecule has 1 aliphatic heterocycles. The van der Waals surface area contributed by atoms with E-state index in [-0.39, 0.29) is 17.8 Å². The van der Waals surface area contributed by atoms with Crippen LogP contribution < -0.4 is 5.73 Å². The Balaban J connectivity index is 1.88. The maximum atomic E-state index is 11.1. The molecular formula is C14H20N2O3. The van der Waals surface area contributed by atoms with Gasteiger partial charge in [0.2, 0.25) is 0 Å². The third-order valence-electron chi connectivity index (χ3n) is 3.55. The van der Waals surface area contributed by atoms with E-state index in [9.17, 15) is 9.90 Å². The number of hydrogen-bond donors (Lipinski definition) is 3. The molecule has 0 radical (unpaired) electrons. The Morgan fingerprint density at radius 3 is 2.74 bits per heavy atom. The molecule has 1 heterocycles. The molecule has 5 heteroatoms. The fourth-order valence-electron chi connectivity index (χ4n) is 2.62. The summed E-state index contributed by atoms with van der Waals surface area (Å²) in [6.07, 6.45) is 2.31. The number of carboxylic acid groups (broad SMARTS) is 1. The second kappa shape index (κ2) is 6.04. The van der Waals surface area contributed by atoms with Crippen molar-refractivity contribution >= 4 is 5.97 Å². The molecule has 0 spiro atoms. The van der Waals surface area contributed by atoms with Crippen LogP contribution in [-0.2, 0) is 11.2 Å². The monoisotopic (exact) mass is 264 g/mol. The Bertz CT molecular complexity index is 433. The SMILES string of the molecule is N[C@@H](Cc1ccc(O)cc1)CN1CCCC1C(=O)O. The van der Waals surface area contributed by atoms with E-state index in [2.05, 4.69) is 0 Å². The number of aliphatic carboxylic acids is 1. The van der Waals surface area contributed by atoms with Gasteiger partial charge in [0.05, 0.1) is 0 Å². The van der Waals surface area contributed by atoms with Gasteiger partial charge in [0.15, 0.2) is 0 Å². The van der Waals surface area contributed by atoms with Crippen LogP contribution in [0.5, 0.6) is 5.75 Å². The zero-order valence-electron chi connectivity index (χ0n) is 10.8. The molecule has 0 bridgehead atoms. The fraction of sp³-hybridized carbons (Fsp3) is 0.500. The standard InChI is InChI=1S/C14H20N2O3/c15-11(8-10-3-5-12(17)6-4-10)9-16-7-1-2-13(16)14(18)19/h3-6,11,13,17H,1-2,7-9,15H2,(H,18,19)/t11-,13?/m0/s1. The number of carboxylic acids is 1. The predicted molar refractivity (Wildman–Crippen MR) is 72.0 cm³/mol. The number of phenols is 1. The van der Waals surface area contributed by atoms with Gasteiger partial charge in [-0.3, -0.25) is 9.69 Å². The molecule has 1 fully saturated rings. The second-order valence-corrected chi connectivity index (χ2v) is 5.12. The first-order chi connectivity index (χ1) is 9.06. The number of aromatic hydroxyl groups is 1. The molecule has 0 saturated carbocycles. The number of nitrogens with zero attached hydrogens (tertiary/aromatic N) is 1. The van der Waals surface area contributed by atoms with E-state index in [0.717, 1.165) is 18.5 Å². The zero-order valence-corrected chi connectivity index (χ0v) is 10.8. The van der Waals surface area contributed by atoms with Crippen molar-refractivity contribution in [3.63, 3.8) is 0 Å². The second-order valence-electron chi connectivity index (χ2n) is 5.12. The summed E-state index contributed by atoms with van der Waals surface area (Å²) in [7, 11) is 0. The number of rotatable bonds is 5. The van der Waals surface area contributed by atoms with Gasteiger partial charge in [-0.1, -0.05) is 12.1 Å². The van der Waals surface area contributed by atoms with Gasteiger partial charge in [0, 0.05) is 12.6 Å². The van der Waals surface area contributed by atoms with Gasteiger partial charge in [-0.2, -0.15) is 0 Å². The Labute approximate surface area is 112 Å². The number of phenolic OH excluding ortho intramolecular Hbond substituents is 1. The van der Waals surface area contributed by atoms with Crippen LogP contribution in [0.25, 0.3) is 0 Å². The molecule has 2 rings (SSSR count). The topological polar surface area (TPSA) is 86.8 Å². The van der Waals surface area contributed by atoms with Crippen molar-refractivity contribution in [1.29, 1.82) is 0 Å². The Hall–Kier alpha value is -1.59. The van der Waals surface area contributed by atoms with Crippen LogP contribution in [0, 0.1) is 0 Å². The smallest absolute Gasteiger partial charge is 0.320 e. The van der Waals surface area contributed by atoms with Crippen LogP contribution in [0.15, 0.2) is 24.3 Å². The lowest BCUT2D eigenvalue weighted by Gasteiger charge is -2.24. The highest BCUT2D eigenvalue weighted by Crippen LogP contribution is 2.18. The van der Waals surface area contributed by atoms with E-state index in [1.807, 2.05) is 17.0 Å². The highest BCUT2D eigenvalue weighted by Gasteiger charge is 2.31. The van der Waals surface area contributed by atoms with Gasteiger partial charge in [-0.25, -0.2) is 0 Å². The molecule has 0 amide bonds. The van der Waals surface area contributed by atoms with Crippen molar-refractivity contribution in [2.75, 3.05) is 13.1 Å². The van der Waals surface area contributed by atoms with Crippen molar-refractivity contribution in [2.45, 2.75) is 31.3 Å². The molecule has 0 aliphatic carbocycles. The molecule has 1 aromatic carbocycles. The normalized spacial score (nSPS) is 21.4. The summed E-state index contributed by atoms with van der Waals surface area (Å²) >= 11 is 0. The molecule has 4 N–H and O–H groups in total. The van der Waals surface area contributed by atoms with Crippen LogP contribution in [0.2, 0.25) is 0 Å². The average molecular weight is 264 g/mol. The molecule has 104 valence electrons. The predicted octanol–water partition coefficient (Wildman–Crippen LogP) is 0.811. The molecule has 0 aromatic heterocycles. The first kappa shape index (κ1) is 13.8. The van der Waals surface area contributed by atoms with Gasteiger partial charge in [0.1, 0.15) is 11.8 Å². The maximum Gasteiger partial charge on any atom is 0.320 e. The number of carbonyl (C=O) groups is 1. The lowest BCUT2D eigenvalue weighted by molar-refractivity contribution is -0.142. The number of likely N-dealkylation sites (tertiary alicyclic amines) is 1. The van der Waals surface area contributed by atoms with Crippen molar-refractivity contribution in [1.82, 2.24) is 4.90 Å². The molecule has 1 unspecified atom stereocenters. The Morgan fingerprint density at radius 1 is 1.42 bits per heavy atom. The molecule has 19 heavy (non-hydrogen) atoms. The van der Waals surface area contributed by atoms with E-state index in [4.69, 9.17) is 10.8 Å². The first-order valence-electron chi connectivity index (χ1n) is 6.56. The van der Waals surface area contributed by atoms with Gasteiger partial charge in [-0.15, -0.1) is 0 Å². The number of benzene rings is 1. The molecule has 5 nitrogen and oxygen atoms in total. The summed E-state index contributed by atoms with van der Waals surface area (Å²) in [5, 5.41) is 18.3. The minimum absolute atomic E-state index is 0.0931. The van der Waals surface area contributed by atoms with E-state index in [0.29, 0.717) is 19.4 Å². The van der Waals surface area contributed by atoms with E-state index < -0.39 is 5.97 Å². The van der Waals surface area contributed by atoms with E-state index >= 15 is 0 Å². The quantitative estimate of drug-likeness (QED) is 0.732. The minimum Gasteiger partial charge on any atom is -0.508 e. The lowest BCUT2D eigenvalue weighted by atomic mass is 10.1. The Morgan fingerprint density at radius 2 is 2.11 bits per heavy atom. The van der Waals surface area contributed by atoms with Crippen LogP contribution in [-0.4, -0.2) is 46.3 Å². The van der Waals surface area contributed by atoms with Gasteiger partial charge < -0.3 is 15.9 Å². The summed E-state index contributed by atoms with van der Waals surface area (Å²) in [6, 6.07) is 6.48. The minimum atomic E-state index is -0.755. The summed E-state index contributed by atoms with van der Waals surface area (Å²) in [5.41, 5.74) is 7.14. The van der Waals surface area contributed by atoms with Gasteiger partial charge in [-0.05, 0) is 43.5 Å². The average Bonchev–Trinajstić information content (AvgIpc) is 2.80. The third-order valence-corrected chi connectivity index (χ3v) is 3.55.